The number of benzene rings is 2. The summed E-state index contributed by atoms with van der Waals surface area (Å²) in [6.45, 7) is 11.0. The van der Waals surface area contributed by atoms with E-state index in [0.29, 0.717) is 0 Å². The Labute approximate surface area is 123 Å². The third kappa shape index (κ3) is 3.22. The monoisotopic (exact) mass is 267 g/mol. The van der Waals surface area contributed by atoms with Crippen LogP contribution in [0, 0.1) is 13.8 Å². The van der Waals surface area contributed by atoms with E-state index >= 15 is 0 Å². The standard InChI is InChI=1S/C19H25N/c1-14-11-15(2)13-18(12-14)20(6)17-9-7-16(8-10-17)19(3,4)5/h7-13H,1-6H3. The third-order valence-electron chi connectivity index (χ3n) is 3.71. The molecule has 0 heterocycles. The highest BCUT2D eigenvalue weighted by atomic mass is 15.1. The number of rotatable bonds is 2. The normalized spacial score (nSPS) is 11.5. The van der Waals surface area contributed by atoms with Gasteiger partial charge in [-0.3, -0.25) is 0 Å². The zero-order valence-corrected chi connectivity index (χ0v) is 13.5. The van der Waals surface area contributed by atoms with E-state index in [0.717, 1.165) is 0 Å². The molecule has 0 unspecified atom stereocenters. The van der Waals surface area contributed by atoms with Gasteiger partial charge in [0.05, 0.1) is 0 Å². The summed E-state index contributed by atoms with van der Waals surface area (Å²) in [5.41, 5.74) is 6.65. The Balaban J connectivity index is 2.31. The summed E-state index contributed by atoms with van der Waals surface area (Å²) >= 11 is 0. The van der Waals surface area contributed by atoms with Crippen molar-refractivity contribution in [2.45, 2.75) is 40.0 Å². The lowest BCUT2D eigenvalue weighted by atomic mass is 9.87. The smallest absolute Gasteiger partial charge is 0.0413 e. The Morgan fingerprint density at radius 1 is 0.750 bits per heavy atom. The average Bonchev–Trinajstić information content (AvgIpc) is 2.36. The van der Waals surface area contributed by atoms with Crippen LogP contribution in [0.25, 0.3) is 0 Å². The second-order valence-electron chi connectivity index (χ2n) is 6.70. The minimum atomic E-state index is 0.205. The first-order valence-electron chi connectivity index (χ1n) is 7.20. The van der Waals surface area contributed by atoms with Gasteiger partial charge in [0.15, 0.2) is 0 Å². The molecule has 0 radical (unpaired) electrons. The molecule has 0 saturated carbocycles. The largest absolute Gasteiger partial charge is 0.345 e. The van der Waals surface area contributed by atoms with E-state index in [1.54, 1.807) is 0 Å². The molecule has 2 aromatic rings. The molecule has 0 aliphatic heterocycles. The minimum absolute atomic E-state index is 0.205. The van der Waals surface area contributed by atoms with Crippen molar-refractivity contribution in [2.24, 2.45) is 0 Å². The van der Waals surface area contributed by atoms with Crippen LogP contribution in [0.4, 0.5) is 11.4 Å². The van der Waals surface area contributed by atoms with Crippen LogP contribution in [-0.4, -0.2) is 7.05 Å². The Kier molecular flexibility index (Phi) is 3.89. The lowest BCUT2D eigenvalue weighted by molar-refractivity contribution is 0.590. The molecule has 0 amide bonds. The van der Waals surface area contributed by atoms with Gasteiger partial charge in [-0.15, -0.1) is 0 Å². The first-order chi connectivity index (χ1) is 9.27. The van der Waals surface area contributed by atoms with Crippen molar-refractivity contribution in [3.63, 3.8) is 0 Å². The summed E-state index contributed by atoms with van der Waals surface area (Å²) < 4.78 is 0. The number of nitrogens with zero attached hydrogens (tertiary/aromatic N) is 1. The van der Waals surface area contributed by atoms with E-state index in [1.807, 2.05) is 0 Å². The first kappa shape index (κ1) is 14.6. The predicted octanol–water partition coefficient (Wildman–Crippen LogP) is 5.37. The van der Waals surface area contributed by atoms with Gasteiger partial charge >= 0.3 is 0 Å². The van der Waals surface area contributed by atoms with Crippen LogP contribution in [0.3, 0.4) is 0 Å². The average molecular weight is 267 g/mol. The molecule has 2 rings (SSSR count). The van der Waals surface area contributed by atoms with Crippen LogP contribution >= 0.6 is 0 Å². The fourth-order valence-corrected chi connectivity index (χ4v) is 2.48. The van der Waals surface area contributed by atoms with Gasteiger partial charge in [0.2, 0.25) is 0 Å². The van der Waals surface area contributed by atoms with E-state index < -0.39 is 0 Å². The molecule has 0 aliphatic carbocycles. The summed E-state index contributed by atoms with van der Waals surface area (Å²) in [4.78, 5) is 2.24. The first-order valence-corrected chi connectivity index (χ1v) is 7.20. The Bertz CT molecular complexity index is 568. The maximum Gasteiger partial charge on any atom is 0.0413 e. The fourth-order valence-electron chi connectivity index (χ4n) is 2.48. The molecule has 0 spiro atoms. The van der Waals surface area contributed by atoms with Crippen molar-refractivity contribution in [2.75, 3.05) is 11.9 Å². The second kappa shape index (κ2) is 5.32. The molecule has 0 bridgehead atoms. The van der Waals surface area contributed by atoms with Crippen molar-refractivity contribution < 1.29 is 0 Å². The molecule has 106 valence electrons. The quantitative estimate of drug-likeness (QED) is 0.707. The fraction of sp³-hybridized carbons (Fsp3) is 0.368. The van der Waals surface area contributed by atoms with Crippen molar-refractivity contribution in [1.29, 1.82) is 0 Å². The topological polar surface area (TPSA) is 3.24 Å². The predicted molar refractivity (Wildman–Crippen MR) is 89.1 cm³/mol. The molecule has 0 N–H and O–H groups in total. The van der Waals surface area contributed by atoms with Crippen LogP contribution in [0.5, 0.6) is 0 Å². The number of aryl methyl sites for hydroxylation is 2. The van der Waals surface area contributed by atoms with E-state index in [1.165, 1.54) is 28.1 Å². The Hall–Kier alpha value is -1.76. The van der Waals surface area contributed by atoms with Crippen molar-refractivity contribution in [1.82, 2.24) is 0 Å². The summed E-state index contributed by atoms with van der Waals surface area (Å²) in [5.74, 6) is 0. The molecule has 0 aliphatic rings. The van der Waals surface area contributed by atoms with Gasteiger partial charge in [-0.25, -0.2) is 0 Å². The van der Waals surface area contributed by atoms with Gasteiger partial charge in [-0.05, 0) is 60.2 Å². The van der Waals surface area contributed by atoms with E-state index in [4.69, 9.17) is 0 Å². The molecule has 0 atom stereocenters. The highest BCUT2D eigenvalue weighted by Gasteiger charge is 2.13. The number of hydrogen-bond donors (Lipinski definition) is 0. The van der Waals surface area contributed by atoms with Crippen LogP contribution in [0.2, 0.25) is 0 Å². The Morgan fingerprint density at radius 2 is 1.25 bits per heavy atom. The Morgan fingerprint density at radius 3 is 1.70 bits per heavy atom. The number of hydrogen-bond acceptors (Lipinski definition) is 1. The van der Waals surface area contributed by atoms with Gasteiger partial charge < -0.3 is 4.90 Å². The molecule has 1 heteroatoms. The van der Waals surface area contributed by atoms with Crippen LogP contribution in [0.15, 0.2) is 42.5 Å². The van der Waals surface area contributed by atoms with E-state index in [9.17, 15) is 0 Å². The van der Waals surface area contributed by atoms with Crippen molar-refractivity contribution in [3.8, 4) is 0 Å². The van der Waals surface area contributed by atoms with Crippen molar-refractivity contribution >= 4 is 11.4 Å². The van der Waals surface area contributed by atoms with Gasteiger partial charge in [0.25, 0.3) is 0 Å². The molecular weight excluding hydrogens is 242 g/mol. The van der Waals surface area contributed by atoms with Gasteiger partial charge in [0, 0.05) is 18.4 Å². The molecule has 0 aromatic heterocycles. The molecule has 20 heavy (non-hydrogen) atoms. The summed E-state index contributed by atoms with van der Waals surface area (Å²) in [5, 5.41) is 0. The highest BCUT2D eigenvalue weighted by molar-refractivity contribution is 5.64. The van der Waals surface area contributed by atoms with Crippen LogP contribution < -0.4 is 4.90 Å². The van der Waals surface area contributed by atoms with Gasteiger partial charge in [-0.2, -0.15) is 0 Å². The maximum absolute atomic E-state index is 2.25. The summed E-state index contributed by atoms with van der Waals surface area (Å²) in [7, 11) is 2.13. The molecular formula is C19H25N. The van der Waals surface area contributed by atoms with Crippen LogP contribution in [0.1, 0.15) is 37.5 Å². The van der Waals surface area contributed by atoms with Gasteiger partial charge in [-0.1, -0.05) is 39.0 Å². The zero-order valence-electron chi connectivity index (χ0n) is 13.5. The van der Waals surface area contributed by atoms with Gasteiger partial charge in [0.1, 0.15) is 0 Å². The zero-order chi connectivity index (χ0) is 14.9. The van der Waals surface area contributed by atoms with Crippen LogP contribution in [-0.2, 0) is 5.41 Å². The van der Waals surface area contributed by atoms with Crippen molar-refractivity contribution in [3.05, 3.63) is 59.2 Å². The minimum Gasteiger partial charge on any atom is -0.345 e. The highest BCUT2D eigenvalue weighted by Crippen LogP contribution is 2.28. The maximum atomic E-state index is 2.25. The van der Waals surface area contributed by atoms with E-state index in [2.05, 4.69) is 89.0 Å². The third-order valence-corrected chi connectivity index (χ3v) is 3.71. The number of anilines is 2. The molecule has 1 nitrogen and oxygen atoms in total. The molecule has 0 saturated heterocycles. The lowest BCUT2D eigenvalue weighted by Crippen LogP contribution is -2.13. The second-order valence-corrected chi connectivity index (χ2v) is 6.70. The lowest BCUT2D eigenvalue weighted by Gasteiger charge is -2.23. The summed E-state index contributed by atoms with van der Waals surface area (Å²) in [6.07, 6.45) is 0. The molecule has 0 fully saturated rings. The molecule has 2 aromatic carbocycles. The van der Waals surface area contributed by atoms with E-state index in [-0.39, 0.29) is 5.41 Å². The SMILES string of the molecule is Cc1cc(C)cc(N(C)c2ccc(C(C)(C)C)cc2)c1. The summed E-state index contributed by atoms with van der Waals surface area (Å²) in [6, 6.07) is 15.5.